The highest BCUT2D eigenvalue weighted by Crippen LogP contribution is 2.36. The maximum absolute atomic E-state index is 12.5. The molecule has 28 heavy (non-hydrogen) atoms. The number of methoxy groups -OCH3 is 1. The van der Waals surface area contributed by atoms with Gasteiger partial charge in [-0.15, -0.1) is 0 Å². The number of ether oxygens (including phenoxy) is 4. The molecule has 0 aromatic heterocycles. The lowest BCUT2D eigenvalue weighted by molar-refractivity contribution is 0.0666. The summed E-state index contributed by atoms with van der Waals surface area (Å²) in [4.78, 5) is 12.5. The van der Waals surface area contributed by atoms with E-state index in [0.29, 0.717) is 34.9 Å². The molecule has 150 valence electrons. The third kappa shape index (κ3) is 4.40. The van der Waals surface area contributed by atoms with Gasteiger partial charge in [0.05, 0.1) is 7.11 Å². The minimum Gasteiger partial charge on any atom is -0.504 e. The van der Waals surface area contributed by atoms with E-state index in [1.165, 1.54) is 13.2 Å². The first kappa shape index (κ1) is 19.6. The fraction of sp³-hybridized carbons (Fsp3) is 0.350. The van der Waals surface area contributed by atoms with E-state index in [2.05, 4.69) is 5.32 Å². The van der Waals surface area contributed by atoms with Crippen molar-refractivity contribution in [2.75, 3.05) is 25.8 Å². The second-order valence-corrected chi connectivity index (χ2v) is 6.44. The Bertz CT molecular complexity index is 839. The summed E-state index contributed by atoms with van der Waals surface area (Å²) >= 11 is 0. The van der Waals surface area contributed by atoms with E-state index in [-0.39, 0.29) is 25.1 Å². The van der Waals surface area contributed by atoms with Gasteiger partial charge in [-0.25, -0.2) is 4.79 Å². The lowest BCUT2D eigenvalue weighted by atomic mass is 9.94. The third-order valence-corrected chi connectivity index (χ3v) is 4.49. The SMILES string of the molecule is COc1ccc([C@@H](OC(=O)Nc2ccc3c(c2)OCO3)[C@H](C)CCO)cc1O. The van der Waals surface area contributed by atoms with Crippen molar-refractivity contribution in [1.29, 1.82) is 0 Å². The molecule has 1 aliphatic heterocycles. The van der Waals surface area contributed by atoms with Crippen LogP contribution in [0.2, 0.25) is 0 Å². The van der Waals surface area contributed by atoms with Crippen molar-refractivity contribution >= 4 is 11.8 Å². The number of fused-ring (bicyclic) bond motifs is 1. The Morgan fingerprint density at radius 2 is 2.00 bits per heavy atom. The van der Waals surface area contributed by atoms with Crippen molar-refractivity contribution in [2.45, 2.75) is 19.4 Å². The highest BCUT2D eigenvalue weighted by atomic mass is 16.7. The summed E-state index contributed by atoms with van der Waals surface area (Å²) in [7, 11) is 1.45. The number of benzene rings is 2. The van der Waals surface area contributed by atoms with E-state index in [9.17, 15) is 15.0 Å². The number of hydrogen-bond acceptors (Lipinski definition) is 7. The Hall–Kier alpha value is -3.13. The summed E-state index contributed by atoms with van der Waals surface area (Å²) in [6, 6.07) is 9.83. The number of carbonyl (C=O) groups excluding carboxylic acids is 1. The molecule has 2 atom stereocenters. The van der Waals surface area contributed by atoms with Crippen molar-refractivity contribution in [2.24, 2.45) is 5.92 Å². The third-order valence-electron chi connectivity index (χ3n) is 4.49. The zero-order valence-electron chi connectivity index (χ0n) is 15.7. The average molecular weight is 389 g/mol. The number of aliphatic hydroxyl groups is 1. The van der Waals surface area contributed by atoms with Gasteiger partial charge in [-0.2, -0.15) is 0 Å². The molecular formula is C20H23NO7. The number of nitrogens with one attached hydrogen (secondary N) is 1. The van der Waals surface area contributed by atoms with Crippen LogP contribution >= 0.6 is 0 Å². The highest BCUT2D eigenvalue weighted by Gasteiger charge is 2.25. The van der Waals surface area contributed by atoms with Crippen LogP contribution in [-0.4, -0.2) is 36.8 Å². The van der Waals surface area contributed by atoms with Crippen molar-refractivity contribution in [3.63, 3.8) is 0 Å². The minimum atomic E-state index is -0.669. The number of phenolic OH excluding ortho intramolecular Hbond substituents is 1. The van der Waals surface area contributed by atoms with Gasteiger partial charge in [0, 0.05) is 18.4 Å². The van der Waals surface area contributed by atoms with Crippen LogP contribution in [0.1, 0.15) is 25.0 Å². The Balaban J connectivity index is 1.75. The van der Waals surface area contributed by atoms with E-state index in [4.69, 9.17) is 18.9 Å². The molecule has 0 unspecified atom stereocenters. The number of amides is 1. The summed E-state index contributed by atoms with van der Waals surface area (Å²) in [5, 5.41) is 22.0. The summed E-state index contributed by atoms with van der Waals surface area (Å²) in [6.07, 6.45) is -0.906. The Labute approximate surface area is 162 Å². The van der Waals surface area contributed by atoms with Gasteiger partial charge in [0.1, 0.15) is 6.10 Å². The molecule has 3 N–H and O–H groups in total. The van der Waals surface area contributed by atoms with Crippen LogP contribution in [0.3, 0.4) is 0 Å². The standard InChI is InChI=1S/C20H23NO7/c1-12(7-8-22)19(13-3-5-16(25-2)15(23)9-13)28-20(24)21-14-4-6-17-18(10-14)27-11-26-17/h3-6,9-10,12,19,22-23H,7-8,11H2,1-2H3,(H,21,24)/t12-,19+/m1/s1. The summed E-state index contributed by atoms with van der Waals surface area (Å²) in [5.74, 6) is 1.24. The molecule has 0 saturated carbocycles. The van der Waals surface area contributed by atoms with Gasteiger partial charge in [0.25, 0.3) is 0 Å². The maximum Gasteiger partial charge on any atom is 0.412 e. The summed E-state index contributed by atoms with van der Waals surface area (Å²) in [6.45, 7) is 1.95. The molecule has 0 spiro atoms. The topological polar surface area (TPSA) is 106 Å². The van der Waals surface area contributed by atoms with E-state index in [0.717, 1.165) is 0 Å². The summed E-state index contributed by atoms with van der Waals surface area (Å²) < 4.78 is 21.2. The van der Waals surface area contributed by atoms with Crippen LogP contribution in [0, 0.1) is 5.92 Å². The lowest BCUT2D eigenvalue weighted by Crippen LogP contribution is -2.22. The molecule has 2 aromatic rings. The zero-order chi connectivity index (χ0) is 20.1. The van der Waals surface area contributed by atoms with Crippen LogP contribution in [0.15, 0.2) is 36.4 Å². The first-order valence-electron chi connectivity index (χ1n) is 8.87. The smallest absolute Gasteiger partial charge is 0.412 e. The van der Waals surface area contributed by atoms with Crippen LogP contribution < -0.4 is 19.5 Å². The first-order chi connectivity index (χ1) is 13.5. The molecule has 8 nitrogen and oxygen atoms in total. The van der Waals surface area contributed by atoms with Crippen LogP contribution in [0.25, 0.3) is 0 Å². The molecule has 3 rings (SSSR count). The van der Waals surface area contributed by atoms with Gasteiger partial charge in [-0.3, -0.25) is 5.32 Å². The van der Waals surface area contributed by atoms with Gasteiger partial charge < -0.3 is 29.2 Å². The predicted octanol–water partition coefficient (Wildman–Crippen LogP) is 3.44. The quantitative estimate of drug-likeness (QED) is 0.666. The summed E-state index contributed by atoms with van der Waals surface area (Å²) in [5.41, 5.74) is 1.10. The maximum atomic E-state index is 12.5. The van der Waals surface area contributed by atoms with Gasteiger partial charge in [0.15, 0.2) is 23.0 Å². The lowest BCUT2D eigenvalue weighted by Gasteiger charge is -2.24. The Morgan fingerprint density at radius 3 is 2.71 bits per heavy atom. The number of phenols is 1. The first-order valence-corrected chi connectivity index (χ1v) is 8.87. The largest absolute Gasteiger partial charge is 0.504 e. The second-order valence-electron chi connectivity index (χ2n) is 6.44. The number of anilines is 1. The molecule has 0 aliphatic carbocycles. The van der Waals surface area contributed by atoms with Crippen LogP contribution in [-0.2, 0) is 4.74 Å². The zero-order valence-corrected chi connectivity index (χ0v) is 15.7. The molecule has 0 fully saturated rings. The molecule has 1 aliphatic rings. The van der Waals surface area contributed by atoms with E-state index in [1.807, 2.05) is 6.92 Å². The Morgan fingerprint density at radius 1 is 1.21 bits per heavy atom. The van der Waals surface area contributed by atoms with E-state index in [1.54, 1.807) is 30.3 Å². The molecule has 8 heteroatoms. The molecule has 0 saturated heterocycles. The molecule has 1 heterocycles. The molecule has 0 radical (unpaired) electrons. The number of aromatic hydroxyl groups is 1. The van der Waals surface area contributed by atoms with Crippen LogP contribution in [0.5, 0.6) is 23.0 Å². The number of aliphatic hydroxyl groups excluding tert-OH is 1. The van der Waals surface area contributed by atoms with Crippen molar-refractivity contribution in [3.8, 4) is 23.0 Å². The fourth-order valence-electron chi connectivity index (χ4n) is 2.99. The van der Waals surface area contributed by atoms with Crippen LogP contribution in [0.4, 0.5) is 10.5 Å². The molecule has 2 aromatic carbocycles. The van der Waals surface area contributed by atoms with E-state index >= 15 is 0 Å². The van der Waals surface area contributed by atoms with Gasteiger partial charge in [-0.05, 0) is 42.2 Å². The van der Waals surface area contributed by atoms with Crippen molar-refractivity contribution in [3.05, 3.63) is 42.0 Å². The molecule has 1 amide bonds. The average Bonchev–Trinajstić information content (AvgIpc) is 3.14. The normalized spacial score (nSPS) is 14.2. The number of carbonyl (C=O) groups is 1. The van der Waals surface area contributed by atoms with Gasteiger partial charge in [-0.1, -0.05) is 13.0 Å². The minimum absolute atomic E-state index is 0.0487. The monoisotopic (exact) mass is 389 g/mol. The molecular weight excluding hydrogens is 366 g/mol. The van der Waals surface area contributed by atoms with Crippen molar-refractivity contribution < 1.29 is 34.0 Å². The second kappa shape index (κ2) is 8.71. The molecule has 0 bridgehead atoms. The van der Waals surface area contributed by atoms with E-state index < -0.39 is 12.2 Å². The fourth-order valence-corrected chi connectivity index (χ4v) is 2.99. The van der Waals surface area contributed by atoms with Gasteiger partial charge >= 0.3 is 6.09 Å². The Kier molecular flexibility index (Phi) is 6.10. The predicted molar refractivity (Wildman–Crippen MR) is 101 cm³/mol. The highest BCUT2D eigenvalue weighted by molar-refractivity contribution is 5.85. The number of rotatable bonds is 7. The number of hydrogen-bond donors (Lipinski definition) is 3. The van der Waals surface area contributed by atoms with Gasteiger partial charge in [0.2, 0.25) is 6.79 Å². The van der Waals surface area contributed by atoms with Crippen molar-refractivity contribution in [1.82, 2.24) is 0 Å².